The van der Waals surface area contributed by atoms with E-state index in [0.717, 1.165) is 17.8 Å². The van der Waals surface area contributed by atoms with Crippen LogP contribution < -0.4 is 3.80 Å². The van der Waals surface area contributed by atoms with E-state index in [1.165, 1.54) is 52.7 Å². The summed E-state index contributed by atoms with van der Waals surface area (Å²) in [7, 11) is 0. The average molecular weight is 361 g/mol. The van der Waals surface area contributed by atoms with Crippen LogP contribution in [-0.2, 0) is 21.6 Å². The zero-order valence-electron chi connectivity index (χ0n) is 15.7. The predicted molar refractivity (Wildman–Crippen MR) is 94.0 cm³/mol. The molecule has 1 amide bonds. The minimum atomic E-state index is -2.29. The Morgan fingerprint density at radius 2 is 1.67 bits per heavy atom. The van der Waals surface area contributed by atoms with Crippen molar-refractivity contribution in [1.29, 1.82) is 0 Å². The van der Waals surface area contributed by atoms with E-state index in [1.807, 2.05) is 0 Å². The average Bonchev–Trinajstić information content (AvgIpc) is 3.14. The molecule has 0 radical (unpaired) electrons. The predicted octanol–water partition coefficient (Wildman–Crippen LogP) is 5.11. The fourth-order valence-corrected chi connectivity index (χ4v) is 14.8. The van der Waals surface area contributed by atoms with Gasteiger partial charge in [-0.2, -0.15) is 0 Å². The molecule has 5 aliphatic carbocycles. The molecule has 24 heavy (non-hydrogen) atoms. The van der Waals surface area contributed by atoms with Crippen molar-refractivity contribution in [2.75, 3.05) is 0 Å². The number of carbonyl (C=O) groups is 1. The Morgan fingerprint density at radius 3 is 2.17 bits per heavy atom. The van der Waals surface area contributed by atoms with Gasteiger partial charge < -0.3 is 0 Å². The first-order valence-electron chi connectivity index (χ1n) is 10.1. The van der Waals surface area contributed by atoms with Gasteiger partial charge in [0.2, 0.25) is 0 Å². The van der Waals surface area contributed by atoms with Crippen LogP contribution in [0.15, 0.2) is 20.6 Å². The van der Waals surface area contributed by atoms with Crippen LogP contribution in [-0.4, -0.2) is 5.91 Å². The van der Waals surface area contributed by atoms with Crippen molar-refractivity contribution in [3.63, 3.8) is 0 Å². The van der Waals surface area contributed by atoms with E-state index in [2.05, 4.69) is 31.5 Å². The molecule has 0 spiro atoms. The Morgan fingerprint density at radius 1 is 1.04 bits per heavy atom. The topological polar surface area (TPSA) is 29.1 Å². The van der Waals surface area contributed by atoms with E-state index < -0.39 is 16.8 Å². The van der Waals surface area contributed by atoms with Crippen LogP contribution in [0.25, 0.3) is 0 Å². The van der Waals surface area contributed by atoms with Gasteiger partial charge in [0.05, 0.1) is 0 Å². The van der Waals surface area contributed by atoms with Gasteiger partial charge in [-0.15, -0.1) is 0 Å². The van der Waals surface area contributed by atoms with Crippen molar-refractivity contribution in [2.45, 2.75) is 69.3 Å². The summed E-state index contributed by atoms with van der Waals surface area (Å²) in [5.41, 5.74) is 4.64. The summed E-state index contributed by atoms with van der Waals surface area (Å²) in [5.74, 6) is 3.55. The van der Waals surface area contributed by atoms with Crippen LogP contribution in [0.3, 0.4) is 0 Å². The SMILES string of the molecule is CC1=C(C)C(C)[C]([Ti]2([NH]C(=O)C34CC5CC(CC3C5)C4)[CH2][CH2]2)=C1C. The molecule has 0 aromatic rings. The van der Waals surface area contributed by atoms with Gasteiger partial charge in [0.1, 0.15) is 0 Å². The number of hydrogen-bond acceptors (Lipinski definition) is 1. The van der Waals surface area contributed by atoms with E-state index >= 15 is 0 Å². The summed E-state index contributed by atoms with van der Waals surface area (Å²) in [6, 6.07) is 0. The van der Waals surface area contributed by atoms with E-state index in [9.17, 15) is 4.79 Å². The fraction of sp³-hybridized carbons (Fsp3) is 0.762. The van der Waals surface area contributed by atoms with Crippen molar-refractivity contribution in [3.05, 3.63) is 20.6 Å². The summed E-state index contributed by atoms with van der Waals surface area (Å²) in [6.45, 7) is 9.28. The van der Waals surface area contributed by atoms with Crippen LogP contribution in [0, 0.1) is 29.1 Å². The third-order valence-corrected chi connectivity index (χ3v) is 15.0. The van der Waals surface area contributed by atoms with Gasteiger partial charge in [0.15, 0.2) is 0 Å². The number of amides is 1. The minimum absolute atomic E-state index is 0.0578. The van der Waals surface area contributed by atoms with E-state index in [1.54, 1.807) is 9.45 Å². The zero-order valence-corrected chi connectivity index (χ0v) is 17.2. The zero-order chi connectivity index (χ0) is 16.9. The first kappa shape index (κ1) is 15.9. The third kappa shape index (κ3) is 1.91. The summed E-state index contributed by atoms with van der Waals surface area (Å²) in [4.78, 5) is 13.5. The third-order valence-electron chi connectivity index (χ3n) is 8.70. The molecule has 0 aromatic heterocycles. The number of hydrogen-bond donors (Lipinski definition) is 1. The Hall–Kier alpha value is -0.336. The monoisotopic (exact) mass is 361 g/mol. The van der Waals surface area contributed by atoms with Gasteiger partial charge in [-0.05, 0) is 0 Å². The Kier molecular flexibility index (Phi) is 3.23. The number of carbonyl (C=O) groups excluding carboxylic acids is 1. The van der Waals surface area contributed by atoms with Gasteiger partial charge in [-0.1, -0.05) is 0 Å². The van der Waals surface area contributed by atoms with Crippen molar-refractivity contribution in [1.82, 2.24) is 3.80 Å². The molecule has 5 fully saturated rings. The number of nitrogens with one attached hydrogen (secondary N) is 1. The van der Waals surface area contributed by atoms with Crippen molar-refractivity contribution in [3.8, 4) is 0 Å². The molecule has 4 saturated carbocycles. The molecule has 1 heterocycles. The molecule has 1 saturated heterocycles. The summed E-state index contributed by atoms with van der Waals surface area (Å²) >= 11 is -2.29. The first-order valence-corrected chi connectivity index (χ1v) is 13.8. The van der Waals surface area contributed by atoms with Crippen LogP contribution >= 0.6 is 0 Å². The first-order chi connectivity index (χ1) is 11.4. The Bertz CT molecular complexity index is 685. The Labute approximate surface area is 150 Å². The van der Waals surface area contributed by atoms with Crippen LogP contribution in [0.1, 0.15) is 59.8 Å². The van der Waals surface area contributed by atoms with Gasteiger partial charge >= 0.3 is 150 Å². The molecular weight excluding hydrogens is 330 g/mol. The molecule has 3 unspecified atom stereocenters. The molecule has 2 nitrogen and oxygen atoms in total. The maximum absolute atomic E-state index is 13.5. The van der Waals surface area contributed by atoms with Crippen molar-refractivity contribution >= 4 is 5.91 Å². The fourth-order valence-electron chi connectivity index (χ4n) is 7.23. The van der Waals surface area contributed by atoms with Gasteiger partial charge in [-0.3, -0.25) is 0 Å². The summed E-state index contributed by atoms with van der Waals surface area (Å²) in [5, 5.41) is 0. The van der Waals surface area contributed by atoms with E-state index in [-0.39, 0.29) is 5.41 Å². The molecule has 3 atom stereocenters. The summed E-state index contributed by atoms with van der Waals surface area (Å²) in [6.07, 6.45) is 6.54. The van der Waals surface area contributed by atoms with Crippen LogP contribution in [0.2, 0.25) is 9.45 Å². The van der Waals surface area contributed by atoms with E-state index in [4.69, 9.17) is 0 Å². The quantitative estimate of drug-likeness (QED) is 0.696. The molecule has 3 heteroatoms. The molecule has 6 aliphatic rings. The van der Waals surface area contributed by atoms with Gasteiger partial charge in [0.25, 0.3) is 0 Å². The van der Waals surface area contributed by atoms with Crippen LogP contribution in [0.4, 0.5) is 0 Å². The number of rotatable bonds is 3. The van der Waals surface area contributed by atoms with Crippen LogP contribution in [0.5, 0.6) is 0 Å². The molecule has 1 N–H and O–H groups in total. The second kappa shape index (κ2) is 4.88. The van der Waals surface area contributed by atoms with E-state index in [0.29, 0.717) is 11.8 Å². The molecule has 0 aromatic carbocycles. The molecule has 4 bridgehead atoms. The maximum atomic E-state index is 13.5. The second-order valence-corrected chi connectivity index (χ2v) is 16.0. The van der Waals surface area contributed by atoms with Crippen molar-refractivity contribution in [2.24, 2.45) is 29.1 Å². The van der Waals surface area contributed by atoms with Gasteiger partial charge in [0, 0.05) is 0 Å². The molecular formula is C21H31NOTi. The normalized spacial score (nSPS) is 44.7. The molecule has 1 aliphatic heterocycles. The van der Waals surface area contributed by atoms with Gasteiger partial charge in [-0.25, -0.2) is 0 Å². The molecule has 6 rings (SSSR count). The van der Waals surface area contributed by atoms with Crippen molar-refractivity contribution < 1.29 is 21.6 Å². The number of allylic oxidation sites excluding steroid dienone is 4. The second-order valence-electron chi connectivity index (χ2n) is 9.81. The standard InChI is InChI=1S/C10H15NO.C9H13.C2H4.Ti/c11-9(12)10-4-6-1-7(5-10)3-8(10)2-6;1-6-5-7(2)9(4)8(6)3;1-2;/h6-8H,1-5H2,(H2,11,12);6H,1-4H3;1-2H2;/q;;;+1/p-1. The summed E-state index contributed by atoms with van der Waals surface area (Å²) < 4.78 is 8.20. The Balaban J connectivity index is 1.42. The molecule has 130 valence electrons.